The van der Waals surface area contributed by atoms with E-state index in [-0.39, 0.29) is 25.3 Å². The lowest BCUT2D eigenvalue weighted by molar-refractivity contribution is -0.900. The summed E-state index contributed by atoms with van der Waals surface area (Å²) in [5.41, 5.74) is 0. The number of carboxylic acids is 1. The molecule has 0 aliphatic carbocycles. The molecule has 3 unspecified atom stereocenters. The minimum absolute atomic E-state index is 0.00752. The van der Waals surface area contributed by atoms with Gasteiger partial charge in [-0.3, -0.25) is 0 Å². The molecular weight excluding hydrogens is 488 g/mol. The van der Waals surface area contributed by atoms with Gasteiger partial charge in [0.25, 0.3) is 0 Å². The number of rotatable bonds is 29. The highest BCUT2D eigenvalue weighted by molar-refractivity contribution is 5.71. The number of aliphatic hydroxyl groups is 2. The third kappa shape index (κ3) is 19.1. The molecule has 0 saturated carbocycles. The predicted octanol–water partition coefficient (Wildman–Crippen LogP) is 7.75. The number of aliphatic carboxylic acids is 1. The summed E-state index contributed by atoms with van der Waals surface area (Å²) >= 11 is 0. The molecular formula is C33H69N2O4+. The van der Waals surface area contributed by atoms with Crippen LogP contribution in [0.25, 0.3) is 0 Å². The average molecular weight is 558 g/mol. The van der Waals surface area contributed by atoms with Gasteiger partial charge in [0.2, 0.25) is 6.17 Å². The van der Waals surface area contributed by atoms with Crippen molar-refractivity contribution in [2.24, 2.45) is 0 Å². The van der Waals surface area contributed by atoms with Crippen molar-refractivity contribution in [2.75, 3.05) is 34.4 Å². The Bertz CT molecular complexity index is 520. The summed E-state index contributed by atoms with van der Waals surface area (Å²) in [6.45, 7) is 4.63. The first-order chi connectivity index (χ1) is 18.7. The summed E-state index contributed by atoms with van der Waals surface area (Å²) in [7, 11) is 5.86. The second-order valence-electron chi connectivity index (χ2n) is 12.8. The molecule has 0 rings (SSSR count). The van der Waals surface area contributed by atoms with Gasteiger partial charge in [-0.25, -0.2) is 9.69 Å². The maximum atomic E-state index is 12.7. The van der Waals surface area contributed by atoms with Crippen molar-refractivity contribution in [1.29, 1.82) is 0 Å². The lowest BCUT2D eigenvalue weighted by Crippen LogP contribution is -2.64. The number of carboxylic acid groups (broad SMARTS) is 1. The first-order valence-electron chi connectivity index (χ1n) is 16.8. The molecule has 0 amide bonds. The van der Waals surface area contributed by atoms with Crippen LogP contribution in [0.5, 0.6) is 0 Å². The van der Waals surface area contributed by atoms with Crippen molar-refractivity contribution in [3.63, 3.8) is 0 Å². The minimum atomic E-state index is -0.812. The standard InChI is InChI=1S/C33H68N2O4/c1-6-8-10-12-14-16-18-20-22-24-30(26-28-36)34(32(33(38)39)35(3,4)5)31(27-29-37)25-23-21-19-17-15-13-11-9-7-2/h30-32,36-37H,6-29H2,1-5H3/p+1. The van der Waals surface area contributed by atoms with Gasteiger partial charge in [-0.1, -0.05) is 129 Å². The summed E-state index contributed by atoms with van der Waals surface area (Å²) in [6.07, 6.45) is 24.9. The second kappa shape index (κ2) is 25.1. The molecule has 6 heteroatoms. The molecule has 0 aromatic heterocycles. The first-order valence-corrected chi connectivity index (χ1v) is 16.8. The summed E-state index contributed by atoms with van der Waals surface area (Å²) in [6, 6.07) is 0.0150. The molecule has 3 N–H and O–H groups in total. The molecule has 0 aromatic carbocycles. The summed E-state index contributed by atoms with van der Waals surface area (Å²) in [5.74, 6) is -0.812. The molecule has 6 nitrogen and oxygen atoms in total. The molecule has 0 heterocycles. The molecule has 39 heavy (non-hydrogen) atoms. The fraction of sp³-hybridized carbons (Fsp3) is 0.970. The van der Waals surface area contributed by atoms with Crippen LogP contribution < -0.4 is 0 Å². The number of carbonyl (C=O) groups is 1. The summed E-state index contributed by atoms with van der Waals surface area (Å²) < 4.78 is 0.300. The van der Waals surface area contributed by atoms with Gasteiger partial charge in [-0.2, -0.15) is 0 Å². The topological polar surface area (TPSA) is 81.0 Å². The zero-order valence-corrected chi connectivity index (χ0v) is 26.8. The second-order valence-corrected chi connectivity index (χ2v) is 12.8. The molecule has 0 spiro atoms. The molecule has 0 saturated heterocycles. The fourth-order valence-electron chi connectivity index (χ4n) is 6.12. The van der Waals surface area contributed by atoms with E-state index < -0.39 is 12.1 Å². The Kier molecular flexibility index (Phi) is 24.6. The van der Waals surface area contributed by atoms with Crippen molar-refractivity contribution in [3.8, 4) is 0 Å². The summed E-state index contributed by atoms with van der Waals surface area (Å²) in [4.78, 5) is 14.9. The van der Waals surface area contributed by atoms with Crippen molar-refractivity contribution < 1.29 is 24.6 Å². The zero-order valence-electron chi connectivity index (χ0n) is 26.8. The molecule has 234 valence electrons. The van der Waals surface area contributed by atoms with Gasteiger partial charge >= 0.3 is 5.97 Å². The van der Waals surface area contributed by atoms with Gasteiger partial charge in [0.1, 0.15) is 0 Å². The van der Waals surface area contributed by atoms with Gasteiger partial charge in [-0.15, -0.1) is 0 Å². The smallest absolute Gasteiger partial charge is 0.379 e. The maximum absolute atomic E-state index is 12.7. The Morgan fingerprint density at radius 2 is 0.872 bits per heavy atom. The molecule has 0 aliphatic heterocycles. The van der Waals surface area contributed by atoms with Crippen LogP contribution in [-0.2, 0) is 4.79 Å². The molecule has 0 aromatic rings. The number of quaternary nitrogens is 1. The molecule has 0 bridgehead atoms. The normalized spacial score (nSPS) is 14.6. The Labute approximate surface area is 243 Å². The SMILES string of the molecule is CCCCCCCCCCCC(CCO)N(C(CCO)CCCCCCCCCCC)C(C(=O)O)[N+](C)(C)C. The van der Waals surface area contributed by atoms with Crippen LogP contribution in [0.4, 0.5) is 0 Å². The van der Waals surface area contributed by atoms with Gasteiger partial charge in [0.15, 0.2) is 0 Å². The van der Waals surface area contributed by atoms with Crippen LogP contribution in [0.2, 0.25) is 0 Å². The van der Waals surface area contributed by atoms with Gasteiger partial charge < -0.3 is 19.8 Å². The van der Waals surface area contributed by atoms with Crippen molar-refractivity contribution >= 4 is 5.97 Å². The van der Waals surface area contributed by atoms with E-state index in [4.69, 9.17) is 0 Å². The zero-order chi connectivity index (χ0) is 29.4. The largest absolute Gasteiger partial charge is 0.476 e. The van der Waals surface area contributed by atoms with Crippen LogP contribution in [0, 0.1) is 0 Å². The van der Waals surface area contributed by atoms with Gasteiger partial charge in [-0.05, 0) is 25.7 Å². The number of hydrogen-bond donors (Lipinski definition) is 3. The lowest BCUT2D eigenvalue weighted by Gasteiger charge is -2.46. The summed E-state index contributed by atoms with van der Waals surface area (Å²) in [5, 5.41) is 30.4. The number of likely N-dealkylation sites (N-methyl/N-ethyl adjacent to an activating group) is 1. The van der Waals surface area contributed by atoms with Crippen LogP contribution in [0.3, 0.4) is 0 Å². The van der Waals surface area contributed by atoms with Crippen molar-refractivity contribution in [3.05, 3.63) is 0 Å². The highest BCUT2D eigenvalue weighted by Gasteiger charge is 2.43. The Morgan fingerprint density at radius 1 is 0.564 bits per heavy atom. The predicted molar refractivity (Wildman–Crippen MR) is 166 cm³/mol. The number of hydrogen-bond acceptors (Lipinski definition) is 4. The minimum Gasteiger partial charge on any atom is -0.476 e. The van der Waals surface area contributed by atoms with E-state index in [1.54, 1.807) is 0 Å². The third-order valence-electron chi connectivity index (χ3n) is 8.29. The average Bonchev–Trinajstić information content (AvgIpc) is 2.87. The Hall–Kier alpha value is -0.690. The fourth-order valence-corrected chi connectivity index (χ4v) is 6.12. The van der Waals surface area contributed by atoms with E-state index in [1.165, 1.54) is 89.9 Å². The quantitative estimate of drug-likeness (QED) is 0.0498. The lowest BCUT2D eigenvalue weighted by atomic mass is 9.95. The van der Waals surface area contributed by atoms with E-state index in [0.29, 0.717) is 17.3 Å². The first kappa shape index (κ1) is 38.3. The third-order valence-corrected chi connectivity index (χ3v) is 8.29. The Balaban J connectivity index is 5.24. The van der Waals surface area contributed by atoms with Crippen LogP contribution >= 0.6 is 0 Å². The molecule has 0 aliphatic rings. The van der Waals surface area contributed by atoms with Gasteiger partial charge in [0, 0.05) is 25.3 Å². The van der Waals surface area contributed by atoms with E-state index >= 15 is 0 Å². The monoisotopic (exact) mass is 558 g/mol. The molecule has 0 radical (unpaired) electrons. The molecule has 0 fully saturated rings. The van der Waals surface area contributed by atoms with Gasteiger partial charge in [0.05, 0.1) is 21.1 Å². The van der Waals surface area contributed by atoms with E-state index in [2.05, 4.69) is 18.7 Å². The number of aliphatic hydroxyl groups excluding tert-OH is 2. The maximum Gasteiger partial charge on any atom is 0.379 e. The highest BCUT2D eigenvalue weighted by atomic mass is 16.4. The highest BCUT2D eigenvalue weighted by Crippen LogP contribution is 2.28. The van der Waals surface area contributed by atoms with Crippen molar-refractivity contribution in [2.45, 2.75) is 173 Å². The Morgan fingerprint density at radius 3 is 1.13 bits per heavy atom. The van der Waals surface area contributed by atoms with Crippen LogP contribution in [0.1, 0.15) is 155 Å². The van der Waals surface area contributed by atoms with Crippen LogP contribution in [0.15, 0.2) is 0 Å². The number of unbranched alkanes of at least 4 members (excludes halogenated alkanes) is 16. The number of nitrogens with zero attached hydrogens (tertiary/aromatic N) is 2. The van der Waals surface area contributed by atoms with Crippen LogP contribution in [-0.4, -0.2) is 83.3 Å². The van der Waals surface area contributed by atoms with E-state index in [1.807, 2.05) is 21.1 Å². The van der Waals surface area contributed by atoms with E-state index in [0.717, 1.165) is 38.5 Å². The van der Waals surface area contributed by atoms with E-state index in [9.17, 15) is 20.1 Å². The van der Waals surface area contributed by atoms with Crippen molar-refractivity contribution in [1.82, 2.24) is 4.90 Å². The molecule has 3 atom stereocenters.